The molecule has 0 radical (unpaired) electrons. The number of thiocarbonyl (C=S) groups is 1. The van der Waals surface area contributed by atoms with Gasteiger partial charge in [0.25, 0.3) is 0 Å². The summed E-state index contributed by atoms with van der Waals surface area (Å²) in [5, 5.41) is 12.7. The molecule has 0 saturated carbocycles. The summed E-state index contributed by atoms with van der Waals surface area (Å²) in [5.74, 6) is -0.524. The summed E-state index contributed by atoms with van der Waals surface area (Å²) in [7, 11) is 1.38. The van der Waals surface area contributed by atoms with Gasteiger partial charge in [0, 0.05) is 23.7 Å². The lowest BCUT2D eigenvalue weighted by Crippen LogP contribution is -2.08. The number of benzene rings is 1. The van der Waals surface area contributed by atoms with E-state index in [1.807, 2.05) is 31.2 Å². The average Bonchev–Trinajstić information content (AvgIpc) is 2.66. The SMILES string of the molecule is COC(=O)C1=Cc2cc(C(C)C(O)=S)ccc2NCC1. The summed E-state index contributed by atoms with van der Waals surface area (Å²) in [6.45, 7) is 2.53. The van der Waals surface area contributed by atoms with E-state index in [0.717, 1.165) is 16.8 Å². The molecule has 0 aliphatic carbocycles. The fraction of sp³-hybridized carbons (Fsp3) is 0.333. The van der Waals surface area contributed by atoms with Crippen molar-refractivity contribution in [1.82, 2.24) is 0 Å². The first-order chi connectivity index (χ1) is 9.52. The van der Waals surface area contributed by atoms with Crippen LogP contribution in [0.4, 0.5) is 5.69 Å². The maximum Gasteiger partial charge on any atom is 0.333 e. The van der Waals surface area contributed by atoms with Gasteiger partial charge in [-0.3, -0.25) is 0 Å². The Balaban J connectivity index is 2.42. The lowest BCUT2D eigenvalue weighted by molar-refractivity contribution is -0.136. The van der Waals surface area contributed by atoms with E-state index < -0.39 is 0 Å². The first-order valence-electron chi connectivity index (χ1n) is 6.42. The third-order valence-corrected chi connectivity index (χ3v) is 3.79. The van der Waals surface area contributed by atoms with Gasteiger partial charge in [-0.2, -0.15) is 0 Å². The normalized spacial score (nSPS) is 15.2. The summed E-state index contributed by atoms with van der Waals surface area (Å²) < 4.78 is 4.78. The van der Waals surface area contributed by atoms with E-state index in [-0.39, 0.29) is 16.9 Å². The third-order valence-electron chi connectivity index (χ3n) is 3.43. The molecule has 1 aromatic carbocycles. The quantitative estimate of drug-likeness (QED) is 0.662. The van der Waals surface area contributed by atoms with Gasteiger partial charge in [-0.05, 0) is 48.0 Å². The lowest BCUT2D eigenvalue weighted by atomic mass is 9.98. The summed E-state index contributed by atoms with van der Waals surface area (Å²) in [6.07, 6.45) is 2.45. The number of carbonyl (C=O) groups is 1. The van der Waals surface area contributed by atoms with Crippen molar-refractivity contribution in [2.24, 2.45) is 0 Å². The minimum Gasteiger partial charge on any atom is -0.502 e. The topological polar surface area (TPSA) is 58.6 Å². The van der Waals surface area contributed by atoms with Crippen molar-refractivity contribution in [3.8, 4) is 0 Å². The van der Waals surface area contributed by atoms with Crippen LogP contribution in [0.25, 0.3) is 6.08 Å². The van der Waals surface area contributed by atoms with Crippen LogP contribution in [0.15, 0.2) is 23.8 Å². The fourth-order valence-corrected chi connectivity index (χ4v) is 2.29. The number of methoxy groups -OCH3 is 1. The summed E-state index contributed by atoms with van der Waals surface area (Å²) in [5.41, 5.74) is 3.42. The number of aliphatic hydroxyl groups is 1. The van der Waals surface area contributed by atoms with Gasteiger partial charge in [-0.15, -0.1) is 0 Å². The molecule has 1 unspecified atom stereocenters. The van der Waals surface area contributed by atoms with E-state index in [0.29, 0.717) is 18.5 Å². The first kappa shape index (κ1) is 14.5. The van der Waals surface area contributed by atoms with Crippen molar-refractivity contribution < 1.29 is 14.6 Å². The van der Waals surface area contributed by atoms with Crippen LogP contribution in [0.1, 0.15) is 30.4 Å². The van der Waals surface area contributed by atoms with Gasteiger partial charge in [0.15, 0.2) is 5.05 Å². The maximum absolute atomic E-state index is 11.7. The Morgan fingerprint density at radius 1 is 1.50 bits per heavy atom. The maximum atomic E-state index is 11.7. The molecule has 0 amide bonds. The smallest absolute Gasteiger partial charge is 0.333 e. The highest BCUT2D eigenvalue weighted by atomic mass is 32.1. The standard InChI is InChI=1S/C15H17NO3S/c1-9(15(18)20)10-3-4-13-12(7-10)8-11(5-6-16-13)14(17)19-2/h3-4,7-9,16H,5-6H2,1-2H3,(H,18,20). The van der Waals surface area contributed by atoms with Crippen molar-refractivity contribution in [3.63, 3.8) is 0 Å². The predicted octanol–water partition coefficient (Wildman–Crippen LogP) is 3.05. The van der Waals surface area contributed by atoms with E-state index in [1.165, 1.54) is 7.11 Å². The Morgan fingerprint density at radius 3 is 2.90 bits per heavy atom. The molecule has 2 N–H and O–H groups in total. The Kier molecular flexibility index (Phi) is 4.39. The molecule has 1 atom stereocenters. The Bertz CT molecular complexity index is 580. The van der Waals surface area contributed by atoms with Gasteiger partial charge in [0.1, 0.15) is 0 Å². The highest BCUT2D eigenvalue weighted by Crippen LogP contribution is 2.28. The zero-order valence-corrected chi connectivity index (χ0v) is 12.3. The second-order valence-corrected chi connectivity index (χ2v) is 5.16. The van der Waals surface area contributed by atoms with E-state index in [4.69, 9.17) is 17.0 Å². The van der Waals surface area contributed by atoms with Crippen molar-refractivity contribution in [2.75, 3.05) is 19.0 Å². The van der Waals surface area contributed by atoms with Crippen LogP contribution < -0.4 is 5.32 Å². The Labute approximate surface area is 123 Å². The summed E-state index contributed by atoms with van der Waals surface area (Å²) >= 11 is 4.82. The number of hydrogen-bond donors (Lipinski definition) is 2. The van der Waals surface area contributed by atoms with Crippen LogP contribution in [0.3, 0.4) is 0 Å². The molecular weight excluding hydrogens is 274 g/mol. The van der Waals surface area contributed by atoms with Crippen LogP contribution in [0.5, 0.6) is 0 Å². The molecule has 106 valence electrons. The number of rotatable bonds is 3. The second kappa shape index (κ2) is 6.05. The molecule has 1 heterocycles. The number of fused-ring (bicyclic) bond motifs is 1. The van der Waals surface area contributed by atoms with Gasteiger partial charge in [0.2, 0.25) is 0 Å². The molecule has 20 heavy (non-hydrogen) atoms. The van der Waals surface area contributed by atoms with Crippen molar-refractivity contribution in [2.45, 2.75) is 19.3 Å². The first-order valence-corrected chi connectivity index (χ1v) is 6.83. The van der Waals surface area contributed by atoms with Gasteiger partial charge in [-0.25, -0.2) is 4.79 Å². The molecule has 5 heteroatoms. The van der Waals surface area contributed by atoms with Crippen LogP contribution in [0.2, 0.25) is 0 Å². The van der Waals surface area contributed by atoms with Gasteiger partial charge in [0.05, 0.1) is 7.11 Å². The molecule has 0 spiro atoms. The van der Waals surface area contributed by atoms with Crippen molar-refractivity contribution in [1.29, 1.82) is 0 Å². The van der Waals surface area contributed by atoms with Gasteiger partial charge in [-0.1, -0.05) is 13.0 Å². The summed E-state index contributed by atoms with van der Waals surface area (Å²) in [6, 6.07) is 5.80. The molecule has 0 fully saturated rings. The minimum absolute atomic E-state index is 0.0382. The average molecular weight is 291 g/mol. The molecular formula is C15H17NO3S. The molecule has 0 aromatic heterocycles. The van der Waals surface area contributed by atoms with Crippen molar-refractivity contribution >= 4 is 35.0 Å². The Morgan fingerprint density at radius 2 is 2.25 bits per heavy atom. The molecule has 0 saturated heterocycles. The molecule has 1 aliphatic heterocycles. The molecule has 4 nitrogen and oxygen atoms in total. The fourth-order valence-electron chi connectivity index (χ4n) is 2.16. The zero-order chi connectivity index (χ0) is 14.7. The second-order valence-electron chi connectivity index (χ2n) is 4.74. The predicted molar refractivity (Wildman–Crippen MR) is 83.2 cm³/mol. The largest absolute Gasteiger partial charge is 0.502 e. The van der Waals surface area contributed by atoms with E-state index in [9.17, 15) is 9.90 Å². The lowest BCUT2D eigenvalue weighted by Gasteiger charge is -2.12. The van der Waals surface area contributed by atoms with E-state index in [1.54, 1.807) is 0 Å². The number of esters is 1. The van der Waals surface area contributed by atoms with E-state index >= 15 is 0 Å². The molecule has 0 bridgehead atoms. The number of hydrogen-bond acceptors (Lipinski definition) is 4. The molecule has 1 aromatic rings. The number of carbonyl (C=O) groups excluding carboxylic acids is 1. The van der Waals surface area contributed by atoms with Gasteiger partial charge >= 0.3 is 5.97 Å². The van der Waals surface area contributed by atoms with Crippen LogP contribution in [-0.2, 0) is 9.53 Å². The minimum atomic E-state index is -0.309. The van der Waals surface area contributed by atoms with Crippen LogP contribution in [0, 0.1) is 0 Å². The zero-order valence-electron chi connectivity index (χ0n) is 11.5. The Hall–Kier alpha value is -1.88. The number of ether oxygens (including phenoxy) is 1. The van der Waals surface area contributed by atoms with Crippen molar-refractivity contribution in [3.05, 3.63) is 34.9 Å². The number of anilines is 1. The van der Waals surface area contributed by atoms with Gasteiger partial charge < -0.3 is 15.2 Å². The highest BCUT2D eigenvalue weighted by molar-refractivity contribution is 7.80. The third kappa shape index (κ3) is 2.99. The monoisotopic (exact) mass is 291 g/mol. The molecule has 1 aliphatic rings. The van der Waals surface area contributed by atoms with E-state index in [2.05, 4.69) is 5.32 Å². The number of nitrogens with one attached hydrogen (secondary N) is 1. The highest BCUT2D eigenvalue weighted by Gasteiger charge is 2.17. The van der Waals surface area contributed by atoms with Crippen LogP contribution >= 0.6 is 12.2 Å². The van der Waals surface area contributed by atoms with Crippen LogP contribution in [-0.4, -0.2) is 29.8 Å². The number of aliphatic hydroxyl groups excluding tert-OH is 1. The molecule has 2 rings (SSSR count). The summed E-state index contributed by atoms with van der Waals surface area (Å²) in [4.78, 5) is 11.7.